The number of hydrogen-bond acceptors (Lipinski definition) is 4. The topological polar surface area (TPSA) is 70.1 Å². The van der Waals surface area contributed by atoms with Gasteiger partial charge in [-0.1, -0.05) is 15.9 Å². The van der Waals surface area contributed by atoms with Crippen molar-refractivity contribution in [3.05, 3.63) is 22.4 Å². The predicted molar refractivity (Wildman–Crippen MR) is 57.2 cm³/mol. The predicted octanol–water partition coefficient (Wildman–Crippen LogP) is 1.66. The quantitative estimate of drug-likeness (QED) is 0.476. The summed E-state index contributed by atoms with van der Waals surface area (Å²) in [4.78, 5) is 14.9. The molecule has 0 aliphatic carbocycles. The summed E-state index contributed by atoms with van der Waals surface area (Å²) in [6, 6.07) is 1.34. The van der Waals surface area contributed by atoms with Crippen LogP contribution in [0.1, 0.15) is 10.5 Å². The Bertz CT molecular complexity index is 397. The van der Waals surface area contributed by atoms with E-state index >= 15 is 0 Å². The van der Waals surface area contributed by atoms with Crippen LogP contribution in [-0.2, 0) is 11.1 Å². The lowest BCUT2D eigenvalue weighted by Gasteiger charge is -2.09. The molecule has 76 valence electrons. The first-order valence-corrected chi connectivity index (χ1v) is 6.39. The summed E-state index contributed by atoms with van der Waals surface area (Å²) in [7, 11) is 0. The van der Waals surface area contributed by atoms with Crippen molar-refractivity contribution < 1.29 is 13.6 Å². The third kappa shape index (κ3) is 2.69. The van der Waals surface area contributed by atoms with E-state index in [1.807, 2.05) is 0 Å². The Hall–Kier alpha value is -0.110. The smallest absolute Gasteiger partial charge is 0.192 e. The minimum atomic E-state index is -2.46. The number of ketones is 1. The highest BCUT2D eigenvalue weighted by atomic mass is 79.9. The Morgan fingerprint density at radius 3 is 2.79 bits per heavy atom. The van der Waals surface area contributed by atoms with Gasteiger partial charge >= 0.3 is 0 Å². The van der Waals surface area contributed by atoms with Gasteiger partial charge in [-0.25, -0.2) is 0 Å². The van der Waals surface area contributed by atoms with E-state index in [0.29, 0.717) is 4.47 Å². The summed E-state index contributed by atoms with van der Waals surface area (Å²) < 4.78 is 22.0. The largest absolute Gasteiger partial charge is 0.768 e. The van der Waals surface area contributed by atoms with Crippen LogP contribution in [0.15, 0.2) is 21.6 Å². The molecule has 0 amide bonds. The molecule has 1 rings (SSSR count). The van der Waals surface area contributed by atoms with Crippen molar-refractivity contribution in [2.75, 3.05) is 5.33 Å². The molecule has 0 aliphatic heterocycles. The number of Topliss-reactive ketones (excluding diaryl/α,β-unsaturated/α-hetero) is 1. The first-order valence-electron chi connectivity index (χ1n) is 3.40. The van der Waals surface area contributed by atoms with Crippen molar-refractivity contribution in [2.24, 2.45) is 0 Å². The molecule has 7 heteroatoms. The van der Waals surface area contributed by atoms with Crippen molar-refractivity contribution in [3.8, 4) is 0 Å². The summed E-state index contributed by atoms with van der Waals surface area (Å²) in [5.41, 5.74) is -0.0431. The van der Waals surface area contributed by atoms with Gasteiger partial charge in [0.25, 0.3) is 0 Å². The summed E-state index contributed by atoms with van der Waals surface area (Å²) in [5, 5.41) is 0.0475. The Kier molecular flexibility index (Phi) is 4.36. The van der Waals surface area contributed by atoms with Gasteiger partial charge in [-0.05, 0) is 33.1 Å². The van der Waals surface area contributed by atoms with Crippen LogP contribution < -0.4 is 0 Å². The van der Waals surface area contributed by atoms with Crippen LogP contribution in [0.3, 0.4) is 0 Å². The van der Waals surface area contributed by atoms with Gasteiger partial charge in [0.2, 0.25) is 0 Å². The summed E-state index contributed by atoms with van der Waals surface area (Å²) in [6.45, 7) is 0. The first-order chi connectivity index (χ1) is 6.56. The highest BCUT2D eigenvalue weighted by molar-refractivity contribution is 9.10. The lowest BCUT2D eigenvalue weighted by molar-refractivity contribution is 0.101. The maximum absolute atomic E-state index is 11.3. The molecule has 0 fully saturated rings. The van der Waals surface area contributed by atoms with Crippen molar-refractivity contribution in [1.82, 2.24) is 4.98 Å². The lowest BCUT2D eigenvalue weighted by Crippen LogP contribution is -2.08. The molecule has 0 spiro atoms. The molecule has 0 aliphatic rings. The number of rotatable bonds is 3. The van der Waals surface area contributed by atoms with Crippen LogP contribution in [-0.4, -0.2) is 24.9 Å². The minimum Gasteiger partial charge on any atom is -0.768 e. The molecular weight excluding hydrogens is 338 g/mol. The molecule has 1 heterocycles. The van der Waals surface area contributed by atoms with Crippen LogP contribution in [0.5, 0.6) is 0 Å². The molecule has 0 bridgehead atoms. The maximum atomic E-state index is 11.3. The lowest BCUT2D eigenvalue weighted by atomic mass is 10.3. The second-order valence-corrected chi connectivity index (χ2v) is 4.68. The number of hydrogen-bond donors (Lipinski definition) is 0. The zero-order chi connectivity index (χ0) is 10.7. The van der Waals surface area contributed by atoms with Crippen LogP contribution in [0, 0.1) is 0 Å². The van der Waals surface area contributed by atoms with Crippen LogP contribution in [0.2, 0.25) is 0 Å². The molecule has 1 aromatic rings. The fourth-order valence-corrected chi connectivity index (χ4v) is 2.12. The zero-order valence-electron chi connectivity index (χ0n) is 6.70. The Labute approximate surface area is 99.7 Å². The average Bonchev–Trinajstić information content (AvgIpc) is 2.16. The molecular formula is C7H4Br2NO3S-. The third-order valence-electron chi connectivity index (χ3n) is 1.38. The number of halogens is 2. The van der Waals surface area contributed by atoms with Crippen molar-refractivity contribution in [3.63, 3.8) is 0 Å². The number of pyridine rings is 1. The number of carbonyl (C=O) groups is 1. The van der Waals surface area contributed by atoms with Gasteiger partial charge in [0.15, 0.2) is 5.78 Å². The van der Waals surface area contributed by atoms with Crippen LogP contribution >= 0.6 is 31.9 Å². The standard InChI is InChI=1S/C7H5Br2NO3S/c8-2-5(11)7-6(14(12)13)1-4(9)3-10-7/h1,3H,2H2,(H,12,13)/p-1. The van der Waals surface area contributed by atoms with E-state index in [9.17, 15) is 13.6 Å². The fourth-order valence-electron chi connectivity index (χ4n) is 0.820. The fraction of sp³-hybridized carbons (Fsp3) is 0.143. The second kappa shape index (κ2) is 5.11. The summed E-state index contributed by atoms with van der Waals surface area (Å²) >= 11 is 3.57. The number of alkyl halides is 1. The van der Waals surface area contributed by atoms with E-state index in [0.717, 1.165) is 0 Å². The van der Waals surface area contributed by atoms with Crippen molar-refractivity contribution in [2.45, 2.75) is 4.90 Å². The first kappa shape index (κ1) is 12.0. The zero-order valence-corrected chi connectivity index (χ0v) is 10.7. The Morgan fingerprint density at radius 1 is 1.64 bits per heavy atom. The monoisotopic (exact) mass is 340 g/mol. The second-order valence-electron chi connectivity index (χ2n) is 2.29. The van der Waals surface area contributed by atoms with Gasteiger partial charge < -0.3 is 4.55 Å². The van der Waals surface area contributed by atoms with E-state index in [1.165, 1.54) is 12.3 Å². The molecule has 0 N–H and O–H groups in total. The molecule has 4 nitrogen and oxygen atoms in total. The minimum absolute atomic E-state index is 0.0431. The van der Waals surface area contributed by atoms with E-state index in [-0.39, 0.29) is 21.7 Å². The van der Waals surface area contributed by atoms with Crippen LogP contribution in [0.4, 0.5) is 0 Å². The van der Waals surface area contributed by atoms with E-state index in [1.54, 1.807) is 0 Å². The average molecular weight is 342 g/mol. The van der Waals surface area contributed by atoms with E-state index in [4.69, 9.17) is 0 Å². The molecule has 0 saturated carbocycles. The Balaban J connectivity index is 3.28. The van der Waals surface area contributed by atoms with Gasteiger partial charge in [-0.15, -0.1) is 0 Å². The van der Waals surface area contributed by atoms with Gasteiger partial charge in [0.05, 0.1) is 10.2 Å². The summed E-state index contributed by atoms with van der Waals surface area (Å²) in [5.74, 6) is -0.364. The molecule has 0 radical (unpaired) electrons. The van der Waals surface area contributed by atoms with Gasteiger partial charge in [-0.2, -0.15) is 0 Å². The molecule has 0 aromatic carbocycles. The number of nitrogens with zero attached hydrogens (tertiary/aromatic N) is 1. The van der Waals surface area contributed by atoms with Crippen LogP contribution in [0.25, 0.3) is 0 Å². The number of aromatic nitrogens is 1. The third-order valence-corrected chi connectivity index (χ3v) is 3.00. The molecule has 1 unspecified atom stereocenters. The Morgan fingerprint density at radius 2 is 2.29 bits per heavy atom. The molecule has 1 atom stereocenters. The van der Waals surface area contributed by atoms with Gasteiger partial charge in [0, 0.05) is 10.7 Å². The molecule has 14 heavy (non-hydrogen) atoms. The normalized spacial score (nSPS) is 12.5. The summed E-state index contributed by atoms with van der Waals surface area (Å²) in [6.07, 6.45) is 1.38. The SMILES string of the molecule is O=C(CBr)c1ncc(Br)cc1S(=O)[O-]. The molecule has 0 saturated heterocycles. The van der Waals surface area contributed by atoms with E-state index in [2.05, 4.69) is 36.8 Å². The van der Waals surface area contributed by atoms with E-state index < -0.39 is 11.1 Å². The van der Waals surface area contributed by atoms with Gasteiger partial charge in [-0.3, -0.25) is 14.0 Å². The van der Waals surface area contributed by atoms with Crippen molar-refractivity contribution >= 4 is 48.7 Å². The highest BCUT2D eigenvalue weighted by Gasteiger charge is 2.12. The highest BCUT2D eigenvalue weighted by Crippen LogP contribution is 2.17. The maximum Gasteiger partial charge on any atom is 0.192 e. The van der Waals surface area contributed by atoms with Crippen molar-refractivity contribution in [1.29, 1.82) is 0 Å². The number of carbonyl (C=O) groups excluding carboxylic acids is 1. The molecule has 1 aromatic heterocycles. The van der Waals surface area contributed by atoms with Gasteiger partial charge in [0.1, 0.15) is 5.69 Å².